The maximum absolute atomic E-state index is 13.0. The van der Waals surface area contributed by atoms with E-state index < -0.39 is 11.8 Å². The molecule has 0 bridgehead atoms. The molecule has 0 saturated carbocycles. The Kier molecular flexibility index (Phi) is 6.55. The number of nitrogens with one attached hydrogen (secondary N) is 2. The second-order valence-corrected chi connectivity index (χ2v) is 7.52. The first-order chi connectivity index (χ1) is 16.0. The lowest BCUT2D eigenvalue weighted by Gasteiger charge is -2.14. The van der Waals surface area contributed by atoms with Crippen molar-refractivity contribution >= 4 is 29.1 Å². The summed E-state index contributed by atoms with van der Waals surface area (Å²) in [7, 11) is 2.97. The third-order valence-corrected chi connectivity index (χ3v) is 5.25. The second-order valence-electron chi connectivity index (χ2n) is 7.08. The highest BCUT2D eigenvalue weighted by molar-refractivity contribution is 6.31. The van der Waals surface area contributed by atoms with E-state index in [9.17, 15) is 9.59 Å². The van der Waals surface area contributed by atoms with E-state index in [4.69, 9.17) is 30.5 Å². The fourth-order valence-corrected chi connectivity index (χ4v) is 3.50. The van der Waals surface area contributed by atoms with Crippen molar-refractivity contribution in [2.24, 2.45) is 0 Å². The number of rotatable bonds is 7. The number of hydrogen-bond acceptors (Lipinski definition) is 6. The van der Waals surface area contributed by atoms with Gasteiger partial charge < -0.3 is 29.6 Å². The predicted molar refractivity (Wildman–Crippen MR) is 123 cm³/mol. The maximum atomic E-state index is 13.0. The van der Waals surface area contributed by atoms with Gasteiger partial charge in [0.25, 0.3) is 11.8 Å². The lowest BCUT2D eigenvalue weighted by atomic mass is 10.1. The number of halogens is 1. The third kappa shape index (κ3) is 4.96. The van der Waals surface area contributed by atoms with Crippen LogP contribution in [-0.2, 0) is 6.54 Å². The normalized spacial score (nSPS) is 11.6. The molecule has 1 heterocycles. The van der Waals surface area contributed by atoms with E-state index in [2.05, 4.69) is 10.6 Å². The molecule has 3 aromatic carbocycles. The number of methoxy groups -OCH3 is 2. The topological polar surface area (TPSA) is 95.1 Å². The number of anilines is 1. The first-order valence-corrected chi connectivity index (χ1v) is 10.4. The van der Waals surface area contributed by atoms with Gasteiger partial charge in [-0.15, -0.1) is 0 Å². The molecule has 2 amide bonds. The summed E-state index contributed by atoms with van der Waals surface area (Å²) >= 11 is 6.12. The molecule has 0 aliphatic carbocycles. The summed E-state index contributed by atoms with van der Waals surface area (Å²) in [5.74, 6) is 1.30. The van der Waals surface area contributed by atoms with Crippen molar-refractivity contribution in [3.63, 3.8) is 0 Å². The summed E-state index contributed by atoms with van der Waals surface area (Å²) in [5, 5.41) is 5.96. The van der Waals surface area contributed by atoms with E-state index in [-0.39, 0.29) is 24.5 Å². The number of carbonyl (C=O) groups excluding carboxylic acids is 2. The van der Waals surface area contributed by atoms with E-state index in [0.29, 0.717) is 33.7 Å². The van der Waals surface area contributed by atoms with E-state index >= 15 is 0 Å². The number of amides is 2. The van der Waals surface area contributed by atoms with Gasteiger partial charge in [-0.2, -0.15) is 0 Å². The minimum absolute atomic E-state index is 0.175. The van der Waals surface area contributed by atoms with Crippen LogP contribution in [0.15, 0.2) is 54.6 Å². The zero-order valence-electron chi connectivity index (χ0n) is 17.9. The first kappa shape index (κ1) is 22.3. The zero-order valence-corrected chi connectivity index (χ0v) is 18.7. The van der Waals surface area contributed by atoms with Gasteiger partial charge in [0.05, 0.1) is 31.0 Å². The summed E-state index contributed by atoms with van der Waals surface area (Å²) in [4.78, 5) is 25.9. The molecule has 0 fully saturated rings. The minimum Gasteiger partial charge on any atom is -0.497 e. The van der Waals surface area contributed by atoms with E-state index in [1.807, 2.05) is 6.07 Å². The van der Waals surface area contributed by atoms with Gasteiger partial charge in [0.2, 0.25) is 6.79 Å². The van der Waals surface area contributed by atoms with Crippen LogP contribution in [0.2, 0.25) is 5.02 Å². The van der Waals surface area contributed by atoms with Gasteiger partial charge in [-0.25, -0.2) is 0 Å². The van der Waals surface area contributed by atoms with Gasteiger partial charge in [0, 0.05) is 11.6 Å². The smallest absolute Gasteiger partial charge is 0.259 e. The van der Waals surface area contributed by atoms with Gasteiger partial charge in [-0.05, 0) is 54.1 Å². The van der Waals surface area contributed by atoms with Crippen molar-refractivity contribution in [2.75, 3.05) is 26.3 Å². The molecule has 3 aromatic rings. The molecule has 33 heavy (non-hydrogen) atoms. The van der Waals surface area contributed by atoms with Gasteiger partial charge in [-0.3, -0.25) is 9.59 Å². The lowest BCUT2D eigenvalue weighted by molar-refractivity contribution is 0.0951. The summed E-state index contributed by atoms with van der Waals surface area (Å²) in [6.45, 7) is 0.424. The summed E-state index contributed by atoms with van der Waals surface area (Å²) < 4.78 is 21.2. The molecule has 2 N–H and O–H groups in total. The quantitative estimate of drug-likeness (QED) is 0.537. The van der Waals surface area contributed by atoms with E-state index in [1.54, 1.807) is 42.5 Å². The van der Waals surface area contributed by atoms with Gasteiger partial charge in [0.1, 0.15) is 11.5 Å². The van der Waals surface area contributed by atoms with Crippen molar-refractivity contribution in [2.45, 2.75) is 6.54 Å². The molecular weight excluding hydrogens is 448 g/mol. The highest BCUT2D eigenvalue weighted by atomic mass is 35.5. The second kappa shape index (κ2) is 9.70. The molecule has 0 unspecified atom stereocenters. The minimum atomic E-state index is -0.460. The number of hydrogen-bond donors (Lipinski definition) is 2. The molecular formula is C24H21ClN2O6. The van der Waals surface area contributed by atoms with Crippen molar-refractivity contribution in [3.05, 3.63) is 76.3 Å². The number of fused-ring (bicyclic) bond motifs is 1. The van der Waals surface area contributed by atoms with E-state index in [1.165, 1.54) is 20.3 Å². The van der Waals surface area contributed by atoms with Gasteiger partial charge in [-0.1, -0.05) is 17.7 Å². The Balaban J connectivity index is 1.52. The third-order valence-electron chi connectivity index (χ3n) is 5.02. The Hall–Kier alpha value is -3.91. The summed E-state index contributed by atoms with van der Waals surface area (Å²) in [6.07, 6.45) is 0. The Labute approximate surface area is 195 Å². The molecule has 4 rings (SSSR count). The van der Waals surface area contributed by atoms with Crippen molar-refractivity contribution < 1.29 is 28.5 Å². The molecule has 1 aliphatic heterocycles. The zero-order chi connectivity index (χ0) is 23.4. The Bertz CT molecular complexity index is 1210. The van der Waals surface area contributed by atoms with Crippen LogP contribution in [0.25, 0.3) is 0 Å². The Morgan fingerprint density at radius 1 is 0.909 bits per heavy atom. The largest absolute Gasteiger partial charge is 0.497 e. The highest BCUT2D eigenvalue weighted by Crippen LogP contribution is 2.32. The standard InChI is InChI=1S/C24H21ClN2O6/c1-30-16-5-8-20(31-2)18(11-16)24(29)27-19-6-4-15(25)10-17(19)23(28)26-12-14-3-7-21-22(9-14)33-13-32-21/h3-11H,12-13H2,1-2H3,(H,26,28)(H,27,29). The Morgan fingerprint density at radius 3 is 2.52 bits per heavy atom. The van der Waals surface area contributed by atoms with E-state index in [0.717, 1.165) is 5.56 Å². The monoisotopic (exact) mass is 468 g/mol. The molecule has 0 radical (unpaired) electrons. The van der Waals surface area contributed by atoms with Crippen LogP contribution in [0.4, 0.5) is 5.69 Å². The van der Waals surface area contributed by atoms with Crippen LogP contribution in [-0.4, -0.2) is 32.8 Å². The lowest BCUT2D eigenvalue weighted by Crippen LogP contribution is -2.25. The summed E-state index contributed by atoms with van der Waals surface area (Å²) in [6, 6.07) is 15.0. The highest BCUT2D eigenvalue weighted by Gasteiger charge is 2.19. The van der Waals surface area contributed by atoms with Crippen LogP contribution >= 0.6 is 11.6 Å². The molecule has 9 heteroatoms. The number of benzene rings is 3. The average molecular weight is 469 g/mol. The molecule has 0 atom stereocenters. The van der Waals surface area contributed by atoms with Crippen molar-refractivity contribution in [1.82, 2.24) is 5.32 Å². The first-order valence-electron chi connectivity index (χ1n) is 9.98. The molecule has 0 saturated heterocycles. The fraction of sp³-hybridized carbons (Fsp3) is 0.167. The summed E-state index contributed by atoms with van der Waals surface area (Å²) in [5.41, 5.74) is 1.62. The number of ether oxygens (including phenoxy) is 4. The SMILES string of the molecule is COc1ccc(OC)c(C(=O)Nc2ccc(Cl)cc2C(=O)NCc2ccc3c(c2)OCO3)c1. The molecule has 0 spiro atoms. The Morgan fingerprint density at radius 2 is 1.73 bits per heavy atom. The molecule has 0 aromatic heterocycles. The molecule has 170 valence electrons. The average Bonchev–Trinajstić information content (AvgIpc) is 3.31. The van der Waals surface area contributed by atoms with Crippen LogP contribution in [0.1, 0.15) is 26.3 Å². The maximum Gasteiger partial charge on any atom is 0.259 e. The van der Waals surface area contributed by atoms with Crippen LogP contribution in [0.5, 0.6) is 23.0 Å². The van der Waals surface area contributed by atoms with Gasteiger partial charge in [0.15, 0.2) is 11.5 Å². The molecule has 8 nitrogen and oxygen atoms in total. The van der Waals surface area contributed by atoms with Crippen LogP contribution in [0.3, 0.4) is 0 Å². The number of carbonyl (C=O) groups is 2. The van der Waals surface area contributed by atoms with Crippen molar-refractivity contribution in [1.29, 1.82) is 0 Å². The fourth-order valence-electron chi connectivity index (χ4n) is 3.32. The molecule has 1 aliphatic rings. The van der Waals surface area contributed by atoms with Crippen molar-refractivity contribution in [3.8, 4) is 23.0 Å². The van der Waals surface area contributed by atoms with Crippen LogP contribution < -0.4 is 29.6 Å². The van der Waals surface area contributed by atoms with Gasteiger partial charge >= 0.3 is 0 Å². The van der Waals surface area contributed by atoms with Crippen LogP contribution in [0, 0.1) is 0 Å². The predicted octanol–water partition coefficient (Wildman–Crippen LogP) is 4.27.